The normalized spacial score (nSPS) is 14.0. The summed E-state index contributed by atoms with van der Waals surface area (Å²) in [6.45, 7) is 3.87. The Labute approximate surface area is 336 Å². The van der Waals surface area contributed by atoms with Crippen LogP contribution in [0.1, 0.15) is 41.6 Å². The highest BCUT2D eigenvalue weighted by molar-refractivity contribution is 6.36. The lowest BCUT2D eigenvalue weighted by Crippen LogP contribution is -2.55. The molecule has 11 nitrogen and oxygen atoms in total. The fourth-order valence-corrected chi connectivity index (χ4v) is 7.32. The molecule has 0 bridgehead atoms. The lowest BCUT2D eigenvalue weighted by atomic mass is 10.0. The van der Waals surface area contributed by atoms with E-state index in [-0.39, 0.29) is 12.3 Å². The van der Waals surface area contributed by atoms with Gasteiger partial charge in [-0.1, -0.05) is 83.3 Å². The average molecular weight is 804 g/mol. The molecule has 0 saturated carbocycles. The zero-order valence-electron chi connectivity index (χ0n) is 30.6. The number of rotatable bonds is 16. The van der Waals surface area contributed by atoms with Crippen LogP contribution in [0.15, 0.2) is 91.0 Å². The Morgan fingerprint density at radius 2 is 1.51 bits per heavy atom. The highest BCUT2D eigenvalue weighted by Crippen LogP contribution is 2.29. The second-order valence-corrected chi connectivity index (χ2v) is 14.9. The summed E-state index contributed by atoms with van der Waals surface area (Å²) >= 11 is 19.3. The van der Waals surface area contributed by atoms with Crippen molar-refractivity contribution in [2.24, 2.45) is 0 Å². The van der Waals surface area contributed by atoms with Gasteiger partial charge in [0.2, 0.25) is 11.8 Å². The molecule has 5 N–H and O–H groups in total. The molecule has 1 saturated heterocycles. The number of nitrogens with zero attached hydrogens (tertiary/aromatic N) is 3. The summed E-state index contributed by atoms with van der Waals surface area (Å²) in [6, 6.07) is 25.2. The second-order valence-electron chi connectivity index (χ2n) is 13.7. The van der Waals surface area contributed by atoms with E-state index in [1.165, 1.54) is 0 Å². The number of hydrogen-bond acceptors (Lipinski definition) is 6. The number of amides is 4. The molecule has 4 aromatic carbocycles. The Morgan fingerprint density at radius 3 is 2.22 bits per heavy atom. The number of halogens is 3. The first kappa shape index (κ1) is 40.0. The summed E-state index contributed by atoms with van der Waals surface area (Å²) in [5.41, 5.74) is 4.69. The predicted octanol–water partition coefficient (Wildman–Crippen LogP) is 6.78. The van der Waals surface area contributed by atoms with Crippen molar-refractivity contribution in [3.05, 3.63) is 128 Å². The standard InChI is InChI=1S/C41H45Cl3N8O3/c1-45-19-18-35(39(53)46-24-28-8-3-2-4-9-28)48-40(54)36(22-27-12-14-29(42)15-13-27)49-41(55)47-30-16-17-31-37(26-51-20-5-6-21-51)50-52(38(31)23-30)25-32-33(43)10-7-11-34(32)44/h2-4,7-17,23,35-36,45H,5-6,18-22,24-26H2,1H3,(H,46,53)(H,48,54)(H2,47,49,55)/t35-,36-/m0/s1. The van der Waals surface area contributed by atoms with Crippen LogP contribution < -0.4 is 26.6 Å². The number of urea groups is 1. The minimum Gasteiger partial charge on any atom is -0.350 e. The van der Waals surface area contributed by atoms with Gasteiger partial charge in [-0.3, -0.25) is 19.2 Å². The summed E-state index contributed by atoms with van der Waals surface area (Å²) in [4.78, 5) is 43.3. The molecule has 2 atom stereocenters. The van der Waals surface area contributed by atoms with E-state index in [2.05, 4.69) is 31.5 Å². The number of hydrogen-bond donors (Lipinski definition) is 5. The first-order chi connectivity index (χ1) is 26.7. The van der Waals surface area contributed by atoms with Crippen LogP contribution in [0.3, 0.4) is 0 Å². The Kier molecular flexibility index (Phi) is 14.0. The van der Waals surface area contributed by atoms with E-state index >= 15 is 0 Å². The largest absolute Gasteiger partial charge is 0.350 e. The number of carbonyl (C=O) groups is 3. The summed E-state index contributed by atoms with van der Waals surface area (Å²) in [7, 11) is 1.78. The highest BCUT2D eigenvalue weighted by atomic mass is 35.5. The van der Waals surface area contributed by atoms with E-state index in [0.29, 0.717) is 53.4 Å². The lowest BCUT2D eigenvalue weighted by Gasteiger charge is -2.23. The monoisotopic (exact) mass is 802 g/mol. The third-order valence-electron chi connectivity index (χ3n) is 9.63. The maximum Gasteiger partial charge on any atom is 0.319 e. The molecule has 6 rings (SSSR count). The van der Waals surface area contributed by atoms with Crippen LogP contribution >= 0.6 is 34.8 Å². The average Bonchev–Trinajstić information content (AvgIpc) is 3.82. The first-order valence-electron chi connectivity index (χ1n) is 18.4. The molecule has 2 heterocycles. The Bertz CT molecular complexity index is 2070. The van der Waals surface area contributed by atoms with Crippen molar-refractivity contribution in [1.29, 1.82) is 0 Å². The first-order valence-corrected chi connectivity index (χ1v) is 19.5. The highest BCUT2D eigenvalue weighted by Gasteiger charge is 2.27. The molecule has 55 heavy (non-hydrogen) atoms. The van der Waals surface area contributed by atoms with Crippen LogP contribution in [0, 0.1) is 0 Å². The quantitative estimate of drug-likeness (QED) is 0.0748. The number of fused-ring (bicyclic) bond motifs is 1. The van der Waals surface area contributed by atoms with E-state index in [1.807, 2.05) is 53.2 Å². The summed E-state index contributed by atoms with van der Waals surface area (Å²) in [6.07, 6.45) is 2.82. The van der Waals surface area contributed by atoms with Crippen LogP contribution in [0.4, 0.5) is 10.5 Å². The number of likely N-dealkylation sites (tertiary alicyclic amines) is 1. The van der Waals surface area contributed by atoms with Gasteiger partial charge in [0.05, 0.1) is 17.8 Å². The van der Waals surface area contributed by atoms with Crippen LogP contribution in [0.5, 0.6) is 0 Å². The van der Waals surface area contributed by atoms with E-state index in [4.69, 9.17) is 39.9 Å². The van der Waals surface area contributed by atoms with Gasteiger partial charge in [0, 0.05) is 51.2 Å². The molecule has 288 valence electrons. The smallest absolute Gasteiger partial charge is 0.319 e. The van der Waals surface area contributed by atoms with Gasteiger partial charge in [0.15, 0.2) is 0 Å². The number of nitrogens with one attached hydrogen (secondary N) is 5. The van der Waals surface area contributed by atoms with Crippen molar-refractivity contribution in [1.82, 2.24) is 35.9 Å². The zero-order chi connectivity index (χ0) is 38.7. The molecule has 0 unspecified atom stereocenters. The SMILES string of the molecule is CNCC[C@H](NC(=O)[C@H](Cc1ccc(Cl)cc1)NC(=O)Nc1ccc2c(CN3CCCC3)nn(Cc3c(Cl)cccc3Cl)c2c1)C(=O)NCc1ccccc1. The van der Waals surface area contributed by atoms with Crippen molar-refractivity contribution in [2.45, 2.75) is 57.4 Å². The molecule has 4 amide bonds. The number of aromatic nitrogens is 2. The molecule has 1 fully saturated rings. The minimum absolute atomic E-state index is 0.158. The maximum atomic E-state index is 13.9. The zero-order valence-corrected chi connectivity index (χ0v) is 32.9. The third-order valence-corrected chi connectivity index (χ3v) is 10.6. The van der Waals surface area contributed by atoms with Gasteiger partial charge >= 0.3 is 6.03 Å². The second kappa shape index (κ2) is 19.3. The van der Waals surface area contributed by atoms with Crippen molar-refractivity contribution in [3.8, 4) is 0 Å². The summed E-state index contributed by atoms with van der Waals surface area (Å²) in [5, 5.41) is 22.2. The number of carbonyl (C=O) groups excluding carboxylic acids is 3. The van der Waals surface area contributed by atoms with Crippen molar-refractivity contribution >= 4 is 69.2 Å². The number of benzene rings is 4. The molecular weight excluding hydrogens is 759 g/mol. The molecular formula is C41H45Cl3N8O3. The topological polar surface area (TPSA) is 132 Å². The Balaban J connectivity index is 1.21. The van der Waals surface area contributed by atoms with Gasteiger partial charge < -0.3 is 26.6 Å². The van der Waals surface area contributed by atoms with Crippen molar-refractivity contribution < 1.29 is 14.4 Å². The van der Waals surface area contributed by atoms with Crippen LogP contribution in [0.2, 0.25) is 15.1 Å². The molecule has 0 spiro atoms. The van der Waals surface area contributed by atoms with Gasteiger partial charge in [0.1, 0.15) is 12.1 Å². The third kappa shape index (κ3) is 11.0. The molecule has 1 aliphatic rings. The van der Waals surface area contributed by atoms with Gasteiger partial charge in [-0.05, 0) is 99.5 Å². The predicted molar refractivity (Wildman–Crippen MR) is 220 cm³/mol. The van der Waals surface area contributed by atoms with Crippen LogP contribution in [-0.4, -0.2) is 71.3 Å². The van der Waals surface area contributed by atoms with E-state index in [1.54, 1.807) is 49.5 Å². The molecule has 14 heteroatoms. The summed E-state index contributed by atoms with van der Waals surface area (Å²) in [5.74, 6) is -0.827. The molecule has 5 aromatic rings. The maximum absolute atomic E-state index is 13.9. The van der Waals surface area contributed by atoms with Crippen LogP contribution in [0.25, 0.3) is 10.9 Å². The fraction of sp³-hybridized carbons (Fsp3) is 0.317. The molecule has 1 aromatic heterocycles. The van der Waals surface area contributed by atoms with Crippen molar-refractivity contribution in [2.75, 3.05) is 32.0 Å². The Morgan fingerprint density at radius 1 is 0.782 bits per heavy atom. The number of anilines is 1. The van der Waals surface area contributed by atoms with E-state index < -0.39 is 24.0 Å². The van der Waals surface area contributed by atoms with Gasteiger partial charge in [0.25, 0.3) is 0 Å². The molecule has 1 aliphatic heterocycles. The Hall–Kier alpha value is -4.65. The van der Waals surface area contributed by atoms with Gasteiger partial charge in [-0.25, -0.2) is 4.79 Å². The lowest BCUT2D eigenvalue weighted by molar-refractivity contribution is -0.130. The van der Waals surface area contributed by atoms with E-state index in [9.17, 15) is 14.4 Å². The minimum atomic E-state index is -1.02. The van der Waals surface area contributed by atoms with E-state index in [0.717, 1.165) is 59.2 Å². The van der Waals surface area contributed by atoms with Gasteiger partial charge in [-0.15, -0.1) is 0 Å². The fourth-order valence-electron chi connectivity index (χ4n) is 6.67. The van der Waals surface area contributed by atoms with Gasteiger partial charge in [-0.2, -0.15) is 5.10 Å². The summed E-state index contributed by atoms with van der Waals surface area (Å²) < 4.78 is 1.86. The van der Waals surface area contributed by atoms with Crippen molar-refractivity contribution in [3.63, 3.8) is 0 Å². The van der Waals surface area contributed by atoms with Crippen LogP contribution in [-0.2, 0) is 35.6 Å². The molecule has 0 aliphatic carbocycles. The molecule has 0 radical (unpaired) electrons.